The van der Waals surface area contributed by atoms with E-state index in [9.17, 15) is 4.79 Å². The topological polar surface area (TPSA) is 87.0 Å². The Balaban J connectivity index is 1.88. The molecule has 3 heterocycles. The fourth-order valence-corrected chi connectivity index (χ4v) is 3.61. The van der Waals surface area contributed by atoms with E-state index in [-0.39, 0.29) is 11.2 Å². The SMILES string of the molecule is CCCN(c1nc[nH]c(=O)c1N)C1CC2CCC(C1)N2. The normalized spacial score (nSPS) is 28.6. The number of nitrogens with two attached hydrogens (primary N) is 1. The maximum atomic E-state index is 11.7. The standard InChI is InChI=1S/C14H23N5O/c1-2-5-19(13-12(15)14(20)17-8-16-13)11-6-9-3-4-10(7-11)18-9/h8-11,18H,2-7,15H2,1H3,(H,16,17,20). The van der Waals surface area contributed by atoms with Crippen LogP contribution in [-0.4, -0.2) is 34.6 Å². The fourth-order valence-electron chi connectivity index (χ4n) is 3.61. The van der Waals surface area contributed by atoms with Gasteiger partial charge in [0.1, 0.15) is 5.69 Å². The van der Waals surface area contributed by atoms with Gasteiger partial charge in [-0.3, -0.25) is 4.79 Å². The van der Waals surface area contributed by atoms with Crippen molar-refractivity contribution in [2.45, 2.75) is 57.2 Å². The predicted octanol–water partition coefficient (Wildman–Crippen LogP) is 0.852. The van der Waals surface area contributed by atoms with Crippen LogP contribution >= 0.6 is 0 Å². The zero-order valence-electron chi connectivity index (χ0n) is 11.9. The number of aromatic amines is 1. The van der Waals surface area contributed by atoms with E-state index >= 15 is 0 Å². The molecule has 0 aliphatic carbocycles. The molecule has 2 fully saturated rings. The summed E-state index contributed by atoms with van der Waals surface area (Å²) in [5.41, 5.74) is 5.94. The van der Waals surface area contributed by atoms with Crippen LogP contribution in [0, 0.1) is 0 Å². The monoisotopic (exact) mass is 277 g/mol. The third kappa shape index (κ3) is 2.40. The first-order valence-corrected chi connectivity index (χ1v) is 7.55. The number of nitrogens with one attached hydrogen (secondary N) is 2. The van der Waals surface area contributed by atoms with Crippen molar-refractivity contribution in [1.82, 2.24) is 15.3 Å². The maximum absolute atomic E-state index is 11.7. The molecular formula is C14H23N5O. The summed E-state index contributed by atoms with van der Waals surface area (Å²) in [5.74, 6) is 0.655. The molecule has 0 spiro atoms. The van der Waals surface area contributed by atoms with Gasteiger partial charge in [-0.1, -0.05) is 6.92 Å². The van der Waals surface area contributed by atoms with E-state index < -0.39 is 0 Å². The molecule has 3 rings (SSSR count). The molecule has 20 heavy (non-hydrogen) atoms. The molecule has 6 nitrogen and oxygen atoms in total. The first-order chi connectivity index (χ1) is 9.69. The van der Waals surface area contributed by atoms with Crippen LogP contribution in [0.4, 0.5) is 11.5 Å². The summed E-state index contributed by atoms with van der Waals surface area (Å²) in [4.78, 5) is 20.8. The molecule has 2 saturated heterocycles. The lowest BCUT2D eigenvalue weighted by atomic mass is 9.98. The molecule has 0 radical (unpaired) electrons. The number of fused-ring (bicyclic) bond motifs is 2. The van der Waals surface area contributed by atoms with Crippen LogP contribution in [-0.2, 0) is 0 Å². The Bertz CT molecular complexity index is 517. The molecule has 110 valence electrons. The number of nitrogens with zero attached hydrogens (tertiary/aromatic N) is 2. The van der Waals surface area contributed by atoms with Crippen LogP contribution in [0.25, 0.3) is 0 Å². The minimum atomic E-state index is -0.243. The molecule has 2 unspecified atom stereocenters. The van der Waals surface area contributed by atoms with Crippen LogP contribution < -0.4 is 21.5 Å². The van der Waals surface area contributed by atoms with Gasteiger partial charge >= 0.3 is 0 Å². The molecule has 1 aromatic heterocycles. The molecule has 6 heteroatoms. The average Bonchev–Trinajstić information content (AvgIpc) is 2.78. The van der Waals surface area contributed by atoms with Crippen molar-refractivity contribution >= 4 is 11.5 Å². The Hall–Kier alpha value is -1.56. The van der Waals surface area contributed by atoms with Gasteiger partial charge in [-0.05, 0) is 32.1 Å². The van der Waals surface area contributed by atoms with E-state index in [4.69, 9.17) is 5.73 Å². The molecule has 1 aromatic rings. The Kier molecular flexibility index (Phi) is 3.65. The molecule has 2 bridgehead atoms. The molecular weight excluding hydrogens is 254 g/mol. The van der Waals surface area contributed by atoms with Gasteiger partial charge in [-0.15, -0.1) is 0 Å². The summed E-state index contributed by atoms with van der Waals surface area (Å²) in [6.45, 7) is 3.04. The average molecular weight is 277 g/mol. The van der Waals surface area contributed by atoms with Gasteiger partial charge in [-0.2, -0.15) is 0 Å². The Morgan fingerprint density at radius 2 is 2.10 bits per heavy atom. The second kappa shape index (κ2) is 5.44. The van der Waals surface area contributed by atoms with E-state index in [2.05, 4.69) is 27.1 Å². The second-order valence-corrected chi connectivity index (χ2v) is 5.93. The van der Waals surface area contributed by atoms with Crippen molar-refractivity contribution in [3.05, 3.63) is 16.7 Å². The van der Waals surface area contributed by atoms with Crippen molar-refractivity contribution in [1.29, 1.82) is 0 Å². The molecule has 0 aromatic carbocycles. The van der Waals surface area contributed by atoms with E-state index in [1.807, 2.05) is 0 Å². The second-order valence-electron chi connectivity index (χ2n) is 5.93. The number of H-pyrrole nitrogens is 1. The molecule has 0 saturated carbocycles. The van der Waals surface area contributed by atoms with Gasteiger partial charge in [0.05, 0.1) is 6.33 Å². The molecule has 4 N–H and O–H groups in total. The summed E-state index contributed by atoms with van der Waals surface area (Å²) in [7, 11) is 0. The van der Waals surface area contributed by atoms with Gasteiger partial charge in [-0.25, -0.2) is 4.98 Å². The summed E-state index contributed by atoms with van der Waals surface area (Å²) in [5, 5.41) is 3.65. The number of anilines is 2. The highest BCUT2D eigenvalue weighted by molar-refractivity contribution is 5.61. The highest BCUT2D eigenvalue weighted by Crippen LogP contribution is 2.32. The molecule has 2 aliphatic heterocycles. The van der Waals surface area contributed by atoms with Gasteiger partial charge in [0.25, 0.3) is 5.56 Å². The quantitative estimate of drug-likeness (QED) is 0.759. The van der Waals surface area contributed by atoms with Crippen molar-refractivity contribution in [2.75, 3.05) is 17.2 Å². The number of aromatic nitrogens is 2. The van der Waals surface area contributed by atoms with Crippen molar-refractivity contribution in [2.24, 2.45) is 0 Å². The minimum absolute atomic E-state index is 0.242. The molecule has 0 amide bonds. The third-order valence-corrected chi connectivity index (χ3v) is 4.49. The number of rotatable bonds is 4. The van der Waals surface area contributed by atoms with Gasteiger partial charge < -0.3 is 20.9 Å². The van der Waals surface area contributed by atoms with Gasteiger partial charge in [0, 0.05) is 24.7 Å². The molecule has 2 aliphatic rings. The van der Waals surface area contributed by atoms with Crippen molar-refractivity contribution in [3.8, 4) is 0 Å². The highest BCUT2D eigenvalue weighted by Gasteiger charge is 2.36. The Labute approximate surface area is 118 Å². The lowest BCUT2D eigenvalue weighted by molar-refractivity contribution is 0.345. The third-order valence-electron chi connectivity index (χ3n) is 4.49. The zero-order chi connectivity index (χ0) is 14.1. The Morgan fingerprint density at radius 3 is 2.75 bits per heavy atom. The summed E-state index contributed by atoms with van der Waals surface area (Å²) in [6, 6.07) is 1.66. The van der Waals surface area contributed by atoms with Crippen LogP contribution in [0.5, 0.6) is 0 Å². The number of hydrogen-bond donors (Lipinski definition) is 3. The summed E-state index contributed by atoms with van der Waals surface area (Å²) >= 11 is 0. The first kappa shape index (κ1) is 13.4. The summed E-state index contributed by atoms with van der Waals surface area (Å²) < 4.78 is 0. The number of nitrogen functional groups attached to an aromatic ring is 1. The van der Waals surface area contributed by atoms with E-state index in [0.29, 0.717) is 23.9 Å². The van der Waals surface area contributed by atoms with E-state index in [1.165, 1.54) is 19.2 Å². The Morgan fingerprint density at radius 1 is 1.40 bits per heavy atom. The van der Waals surface area contributed by atoms with Crippen LogP contribution in [0.15, 0.2) is 11.1 Å². The van der Waals surface area contributed by atoms with E-state index in [0.717, 1.165) is 25.8 Å². The van der Waals surface area contributed by atoms with Crippen LogP contribution in [0.2, 0.25) is 0 Å². The molecule has 2 atom stereocenters. The van der Waals surface area contributed by atoms with Crippen molar-refractivity contribution < 1.29 is 0 Å². The van der Waals surface area contributed by atoms with Crippen LogP contribution in [0.1, 0.15) is 39.0 Å². The van der Waals surface area contributed by atoms with Crippen molar-refractivity contribution in [3.63, 3.8) is 0 Å². The lowest BCUT2D eigenvalue weighted by Crippen LogP contribution is -2.49. The van der Waals surface area contributed by atoms with Gasteiger partial charge in [0.2, 0.25) is 0 Å². The van der Waals surface area contributed by atoms with E-state index in [1.54, 1.807) is 0 Å². The lowest BCUT2D eigenvalue weighted by Gasteiger charge is -2.38. The predicted molar refractivity (Wildman–Crippen MR) is 79.9 cm³/mol. The summed E-state index contributed by atoms with van der Waals surface area (Å²) in [6.07, 6.45) is 7.23. The minimum Gasteiger partial charge on any atom is -0.391 e. The van der Waals surface area contributed by atoms with Gasteiger partial charge in [0.15, 0.2) is 5.82 Å². The number of hydrogen-bond acceptors (Lipinski definition) is 5. The number of piperidine rings is 1. The highest BCUT2D eigenvalue weighted by atomic mass is 16.1. The zero-order valence-corrected chi connectivity index (χ0v) is 11.9. The first-order valence-electron chi connectivity index (χ1n) is 7.55. The largest absolute Gasteiger partial charge is 0.391 e. The fraction of sp³-hybridized carbons (Fsp3) is 0.714. The maximum Gasteiger partial charge on any atom is 0.276 e. The van der Waals surface area contributed by atoms with Crippen LogP contribution in [0.3, 0.4) is 0 Å². The smallest absolute Gasteiger partial charge is 0.276 e.